The lowest BCUT2D eigenvalue weighted by Crippen LogP contribution is -2.37. The van der Waals surface area contributed by atoms with Crippen molar-refractivity contribution in [1.82, 2.24) is 4.90 Å². The van der Waals surface area contributed by atoms with Crippen LogP contribution in [0.1, 0.15) is 12.5 Å². The number of anilines is 1. The van der Waals surface area contributed by atoms with E-state index in [1.54, 1.807) is 13.1 Å². The van der Waals surface area contributed by atoms with Crippen molar-refractivity contribution >= 4 is 33.4 Å². The number of carbonyl (C=O) groups excluding carboxylic acids is 2. The van der Waals surface area contributed by atoms with Crippen LogP contribution in [0, 0.1) is 0 Å². The van der Waals surface area contributed by atoms with E-state index in [1.165, 1.54) is 10.5 Å². The number of hydrogen-bond acceptors (Lipinski definition) is 3. The molecule has 0 radical (unpaired) electrons. The molecule has 0 fully saturated rings. The van der Waals surface area contributed by atoms with Crippen LogP contribution in [0.5, 0.6) is 5.75 Å². The summed E-state index contributed by atoms with van der Waals surface area (Å²) in [4.78, 5) is 25.5. The number of para-hydroxylation sites is 1. The Morgan fingerprint density at radius 3 is 2.44 bits per heavy atom. The average Bonchev–Trinajstić information content (AvgIpc) is 2.62. The van der Waals surface area contributed by atoms with Crippen LogP contribution in [0.3, 0.4) is 0 Å². The summed E-state index contributed by atoms with van der Waals surface area (Å²) in [6, 6.07) is 14.9. The first-order chi connectivity index (χ1) is 12.0. The molecule has 0 bridgehead atoms. The van der Waals surface area contributed by atoms with Gasteiger partial charge in [0.25, 0.3) is 5.91 Å². The lowest BCUT2D eigenvalue weighted by molar-refractivity contribution is -0.135. The third kappa shape index (κ3) is 5.90. The number of amides is 2. The molecule has 5 nitrogen and oxygen atoms in total. The second-order valence-corrected chi connectivity index (χ2v) is 6.42. The van der Waals surface area contributed by atoms with E-state index >= 15 is 0 Å². The van der Waals surface area contributed by atoms with Crippen LogP contribution in [-0.4, -0.2) is 36.9 Å². The topological polar surface area (TPSA) is 58.6 Å². The van der Waals surface area contributed by atoms with Crippen molar-refractivity contribution in [2.75, 3.05) is 25.5 Å². The first kappa shape index (κ1) is 19.0. The predicted molar refractivity (Wildman–Crippen MR) is 102 cm³/mol. The van der Waals surface area contributed by atoms with E-state index in [-0.39, 0.29) is 25.0 Å². The van der Waals surface area contributed by atoms with E-state index in [1.807, 2.05) is 42.5 Å². The highest BCUT2D eigenvalue weighted by atomic mass is 79.9. The summed E-state index contributed by atoms with van der Waals surface area (Å²) in [6.07, 6.45) is 0.953. The Hall–Kier alpha value is -2.34. The molecule has 2 rings (SSSR count). The number of nitrogens with zero attached hydrogens (tertiary/aromatic N) is 1. The van der Waals surface area contributed by atoms with Gasteiger partial charge in [0.2, 0.25) is 5.91 Å². The molecule has 0 atom stereocenters. The Labute approximate surface area is 156 Å². The molecule has 0 saturated carbocycles. The first-order valence-corrected chi connectivity index (χ1v) is 8.79. The van der Waals surface area contributed by atoms with Crippen molar-refractivity contribution in [3.05, 3.63) is 58.6 Å². The van der Waals surface area contributed by atoms with Crippen molar-refractivity contribution < 1.29 is 14.3 Å². The largest absolute Gasteiger partial charge is 0.484 e. The number of likely N-dealkylation sites (N-methyl/N-ethyl adjacent to an activating group) is 1. The molecule has 0 aliphatic carbocycles. The van der Waals surface area contributed by atoms with Gasteiger partial charge in [-0.05, 0) is 52.2 Å². The molecular formula is C19H21BrN2O3. The highest BCUT2D eigenvalue weighted by molar-refractivity contribution is 9.10. The minimum Gasteiger partial charge on any atom is -0.484 e. The van der Waals surface area contributed by atoms with E-state index < -0.39 is 0 Å². The van der Waals surface area contributed by atoms with Crippen LogP contribution in [0.15, 0.2) is 53.0 Å². The third-order valence-corrected chi connectivity index (χ3v) is 4.34. The van der Waals surface area contributed by atoms with Gasteiger partial charge in [-0.25, -0.2) is 0 Å². The molecule has 0 spiro atoms. The number of aryl methyl sites for hydroxylation is 1. The first-order valence-electron chi connectivity index (χ1n) is 7.99. The molecule has 0 aromatic heterocycles. The van der Waals surface area contributed by atoms with Crippen molar-refractivity contribution in [1.29, 1.82) is 0 Å². The molecule has 132 valence electrons. The van der Waals surface area contributed by atoms with Crippen LogP contribution in [0.2, 0.25) is 0 Å². The maximum atomic E-state index is 12.1. The smallest absolute Gasteiger partial charge is 0.260 e. The summed E-state index contributed by atoms with van der Waals surface area (Å²) in [7, 11) is 1.57. The van der Waals surface area contributed by atoms with E-state index in [0.29, 0.717) is 11.4 Å². The molecule has 1 N–H and O–H groups in total. The molecule has 6 heteroatoms. The normalized spacial score (nSPS) is 10.2. The zero-order valence-electron chi connectivity index (χ0n) is 14.3. The van der Waals surface area contributed by atoms with E-state index in [0.717, 1.165) is 10.9 Å². The summed E-state index contributed by atoms with van der Waals surface area (Å²) in [5, 5.41) is 2.76. The number of nitrogens with one attached hydrogen (secondary N) is 1. The second-order valence-electron chi connectivity index (χ2n) is 5.56. The fraction of sp³-hybridized carbons (Fsp3) is 0.263. The van der Waals surface area contributed by atoms with Crippen LogP contribution < -0.4 is 10.1 Å². The summed E-state index contributed by atoms with van der Waals surface area (Å²) in [5.74, 6) is 0.105. The highest BCUT2D eigenvalue weighted by Crippen LogP contribution is 2.21. The molecule has 0 heterocycles. The van der Waals surface area contributed by atoms with E-state index in [4.69, 9.17) is 4.74 Å². The molecule has 25 heavy (non-hydrogen) atoms. The summed E-state index contributed by atoms with van der Waals surface area (Å²) < 4.78 is 6.27. The predicted octanol–water partition coefficient (Wildman–Crippen LogP) is 3.49. The van der Waals surface area contributed by atoms with Gasteiger partial charge in [0, 0.05) is 11.5 Å². The molecule has 2 aromatic rings. The number of hydrogen-bond donors (Lipinski definition) is 1. The van der Waals surface area contributed by atoms with Crippen molar-refractivity contribution in [3.63, 3.8) is 0 Å². The summed E-state index contributed by atoms with van der Waals surface area (Å²) in [6.45, 7) is 1.93. The van der Waals surface area contributed by atoms with Gasteiger partial charge in [0.1, 0.15) is 5.75 Å². The van der Waals surface area contributed by atoms with Crippen molar-refractivity contribution in [2.45, 2.75) is 13.3 Å². The Balaban J connectivity index is 1.80. The molecule has 0 aliphatic rings. The molecule has 0 unspecified atom stereocenters. The average molecular weight is 405 g/mol. The van der Waals surface area contributed by atoms with E-state index in [2.05, 4.69) is 28.2 Å². The molecule has 2 amide bonds. The third-order valence-electron chi connectivity index (χ3n) is 3.65. The lowest BCUT2D eigenvalue weighted by Gasteiger charge is -2.17. The molecule has 0 saturated heterocycles. The van der Waals surface area contributed by atoms with Crippen LogP contribution in [0.4, 0.5) is 5.69 Å². The number of rotatable bonds is 7. The van der Waals surface area contributed by atoms with Crippen LogP contribution in [-0.2, 0) is 16.0 Å². The SMILES string of the molecule is CCc1ccc(OCC(=O)N(C)CC(=O)Nc2ccccc2Br)cc1. The van der Waals surface area contributed by atoms with Gasteiger partial charge in [-0.15, -0.1) is 0 Å². The second kappa shape index (κ2) is 9.22. The van der Waals surface area contributed by atoms with Gasteiger partial charge in [0.15, 0.2) is 6.61 Å². The van der Waals surface area contributed by atoms with Crippen molar-refractivity contribution in [2.24, 2.45) is 0 Å². The molecule has 2 aromatic carbocycles. The van der Waals surface area contributed by atoms with Crippen LogP contribution in [0.25, 0.3) is 0 Å². The van der Waals surface area contributed by atoms with Gasteiger partial charge in [-0.2, -0.15) is 0 Å². The fourth-order valence-corrected chi connectivity index (χ4v) is 2.52. The lowest BCUT2D eigenvalue weighted by atomic mass is 10.2. The number of ether oxygens (including phenoxy) is 1. The van der Waals surface area contributed by atoms with Gasteiger partial charge in [-0.1, -0.05) is 31.2 Å². The van der Waals surface area contributed by atoms with Crippen molar-refractivity contribution in [3.8, 4) is 5.75 Å². The minimum absolute atomic E-state index is 0.0434. The number of carbonyl (C=O) groups is 2. The number of benzene rings is 2. The number of halogens is 1. The maximum absolute atomic E-state index is 12.1. The maximum Gasteiger partial charge on any atom is 0.260 e. The van der Waals surface area contributed by atoms with Gasteiger partial charge >= 0.3 is 0 Å². The van der Waals surface area contributed by atoms with E-state index in [9.17, 15) is 9.59 Å². The highest BCUT2D eigenvalue weighted by Gasteiger charge is 2.14. The monoisotopic (exact) mass is 404 g/mol. The molecule has 0 aliphatic heterocycles. The standard InChI is InChI=1S/C19H21BrN2O3/c1-3-14-8-10-15(11-9-14)25-13-19(24)22(2)12-18(23)21-17-7-5-4-6-16(17)20/h4-11H,3,12-13H2,1-2H3,(H,21,23). The van der Waals surface area contributed by atoms with Gasteiger partial charge < -0.3 is 15.0 Å². The summed E-state index contributed by atoms with van der Waals surface area (Å²) >= 11 is 3.37. The fourth-order valence-electron chi connectivity index (χ4n) is 2.13. The zero-order chi connectivity index (χ0) is 18.2. The Bertz CT molecular complexity index is 732. The Morgan fingerprint density at radius 2 is 1.80 bits per heavy atom. The van der Waals surface area contributed by atoms with Crippen LogP contribution >= 0.6 is 15.9 Å². The molecular weight excluding hydrogens is 384 g/mol. The zero-order valence-corrected chi connectivity index (χ0v) is 15.9. The summed E-state index contributed by atoms with van der Waals surface area (Å²) in [5.41, 5.74) is 1.88. The van der Waals surface area contributed by atoms with Gasteiger partial charge in [0.05, 0.1) is 12.2 Å². The van der Waals surface area contributed by atoms with Gasteiger partial charge in [-0.3, -0.25) is 9.59 Å². The Kier molecular flexibility index (Phi) is 7.01. The Morgan fingerprint density at radius 1 is 1.12 bits per heavy atom. The minimum atomic E-state index is -0.268. The quantitative estimate of drug-likeness (QED) is 0.768.